The average molecular weight is 289 g/mol. The summed E-state index contributed by atoms with van der Waals surface area (Å²) in [6.45, 7) is 4.00. The lowest BCUT2D eigenvalue weighted by Crippen LogP contribution is -2.40. The molecule has 1 aromatic heterocycles. The molecule has 2 aromatic rings. The molecule has 21 heavy (non-hydrogen) atoms. The smallest absolute Gasteiger partial charge is 0.277 e. The molecule has 0 bridgehead atoms. The quantitative estimate of drug-likeness (QED) is 0.630. The summed E-state index contributed by atoms with van der Waals surface area (Å²) in [5.74, 6) is 0. The summed E-state index contributed by atoms with van der Waals surface area (Å²) in [4.78, 5) is 14.8. The highest BCUT2D eigenvalue weighted by Gasteiger charge is 2.26. The van der Waals surface area contributed by atoms with Crippen molar-refractivity contribution in [1.82, 2.24) is 4.98 Å². The van der Waals surface area contributed by atoms with Crippen molar-refractivity contribution in [2.24, 2.45) is 0 Å². The number of non-ortho nitro benzene ring substituents is 1. The molecule has 0 saturated heterocycles. The van der Waals surface area contributed by atoms with E-state index in [0.29, 0.717) is 10.8 Å². The fourth-order valence-electron chi connectivity index (χ4n) is 2.42. The molecule has 112 valence electrons. The van der Waals surface area contributed by atoms with E-state index < -0.39 is 10.5 Å². The van der Waals surface area contributed by atoms with Crippen molar-refractivity contribution in [3.05, 3.63) is 40.7 Å². The van der Waals surface area contributed by atoms with Crippen molar-refractivity contribution in [2.45, 2.75) is 32.2 Å². The highest BCUT2D eigenvalue weighted by atomic mass is 16.6. The Morgan fingerprint density at radius 2 is 2.00 bits per heavy atom. The third kappa shape index (κ3) is 2.80. The Hall–Kier alpha value is -2.21. The number of nitrogens with zero attached hydrogens (tertiary/aromatic N) is 2. The topological polar surface area (TPSA) is 88.3 Å². The van der Waals surface area contributed by atoms with Gasteiger partial charge in [0.15, 0.2) is 0 Å². The third-order valence-electron chi connectivity index (χ3n) is 4.05. The zero-order valence-corrected chi connectivity index (χ0v) is 12.2. The fraction of sp³-hybridized carbons (Fsp3) is 0.400. The fourth-order valence-corrected chi connectivity index (χ4v) is 2.42. The van der Waals surface area contributed by atoms with E-state index >= 15 is 0 Å². The number of hydrogen-bond donors (Lipinski definition) is 2. The van der Waals surface area contributed by atoms with Gasteiger partial charge in [-0.15, -0.1) is 0 Å². The Morgan fingerprint density at radius 3 is 2.57 bits per heavy atom. The maximum atomic E-state index is 11.1. The molecule has 0 saturated carbocycles. The van der Waals surface area contributed by atoms with Crippen LogP contribution in [-0.4, -0.2) is 27.2 Å². The molecule has 6 nitrogen and oxygen atoms in total. The Morgan fingerprint density at radius 1 is 1.29 bits per heavy atom. The van der Waals surface area contributed by atoms with Gasteiger partial charge in [0.05, 0.1) is 22.5 Å². The summed E-state index contributed by atoms with van der Waals surface area (Å²) >= 11 is 0. The van der Waals surface area contributed by atoms with Gasteiger partial charge in [0.1, 0.15) is 0 Å². The van der Waals surface area contributed by atoms with Crippen LogP contribution in [0, 0.1) is 10.1 Å². The number of aromatic nitrogens is 1. The first-order chi connectivity index (χ1) is 10.1. The zero-order chi connectivity index (χ0) is 15.5. The second-order valence-corrected chi connectivity index (χ2v) is 5.08. The predicted octanol–water partition coefficient (Wildman–Crippen LogP) is 3.11. The number of benzene rings is 1. The van der Waals surface area contributed by atoms with E-state index in [1.165, 1.54) is 12.3 Å². The summed E-state index contributed by atoms with van der Waals surface area (Å²) in [5.41, 5.74) is 0.376. The van der Waals surface area contributed by atoms with Gasteiger partial charge in [-0.1, -0.05) is 13.8 Å². The largest absolute Gasteiger partial charge is 0.394 e. The summed E-state index contributed by atoms with van der Waals surface area (Å²) in [7, 11) is 0. The van der Waals surface area contributed by atoms with Crippen LogP contribution in [0.5, 0.6) is 0 Å². The summed E-state index contributed by atoms with van der Waals surface area (Å²) < 4.78 is 0. The average Bonchev–Trinajstić information content (AvgIpc) is 2.52. The number of hydrogen-bond acceptors (Lipinski definition) is 5. The van der Waals surface area contributed by atoms with Gasteiger partial charge >= 0.3 is 0 Å². The molecule has 1 aromatic carbocycles. The lowest BCUT2D eigenvalue weighted by Gasteiger charge is -2.32. The third-order valence-corrected chi connectivity index (χ3v) is 4.05. The first-order valence-electron chi connectivity index (χ1n) is 6.97. The maximum absolute atomic E-state index is 11.1. The standard InChI is InChI=1S/C15H19N3O3/c1-3-15(4-2,10-19)17-13-5-6-14(18(20)21)11-7-8-16-9-12(11)13/h5-9,17,19H,3-4,10H2,1-2H3. The van der Waals surface area contributed by atoms with Gasteiger partial charge in [-0.3, -0.25) is 15.1 Å². The molecule has 0 amide bonds. The monoisotopic (exact) mass is 289 g/mol. The normalized spacial score (nSPS) is 11.6. The Bertz CT molecular complexity index is 645. The SMILES string of the molecule is CCC(CC)(CO)Nc1ccc([N+](=O)[O-])c2ccncc12. The number of pyridine rings is 1. The number of aliphatic hydroxyl groups is 1. The van der Waals surface area contributed by atoms with Gasteiger partial charge < -0.3 is 10.4 Å². The van der Waals surface area contributed by atoms with Crippen molar-refractivity contribution < 1.29 is 10.0 Å². The van der Waals surface area contributed by atoms with Crippen LogP contribution < -0.4 is 5.32 Å². The number of rotatable bonds is 6. The second-order valence-electron chi connectivity index (χ2n) is 5.08. The molecule has 0 atom stereocenters. The molecule has 0 radical (unpaired) electrons. The number of nitro benzene ring substituents is 1. The van der Waals surface area contributed by atoms with E-state index in [-0.39, 0.29) is 12.3 Å². The van der Waals surface area contributed by atoms with E-state index in [9.17, 15) is 15.2 Å². The molecular weight excluding hydrogens is 270 g/mol. The van der Waals surface area contributed by atoms with Gasteiger partial charge in [0.2, 0.25) is 0 Å². The van der Waals surface area contributed by atoms with Crippen LogP contribution in [0.2, 0.25) is 0 Å². The van der Waals surface area contributed by atoms with E-state index in [1.54, 1.807) is 18.3 Å². The highest BCUT2D eigenvalue weighted by molar-refractivity contribution is 5.99. The first-order valence-corrected chi connectivity index (χ1v) is 6.97. The maximum Gasteiger partial charge on any atom is 0.277 e. The lowest BCUT2D eigenvalue weighted by atomic mass is 9.93. The Labute approximate surface area is 123 Å². The van der Waals surface area contributed by atoms with E-state index in [2.05, 4.69) is 10.3 Å². The number of anilines is 1. The summed E-state index contributed by atoms with van der Waals surface area (Å²) in [6, 6.07) is 4.80. The Kier molecular flexibility index (Phi) is 4.37. The molecule has 0 spiro atoms. The number of aliphatic hydroxyl groups excluding tert-OH is 1. The summed E-state index contributed by atoms with van der Waals surface area (Å²) in [5, 5.41) is 25.3. The Balaban J connectivity index is 2.56. The van der Waals surface area contributed by atoms with Crippen LogP contribution in [0.15, 0.2) is 30.6 Å². The van der Waals surface area contributed by atoms with Gasteiger partial charge in [-0.05, 0) is 25.0 Å². The molecule has 2 rings (SSSR count). The molecule has 0 unspecified atom stereocenters. The van der Waals surface area contributed by atoms with Crippen LogP contribution in [0.4, 0.5) is 11.4 Å². The second kappa shape index (κ2) is 6.05. The van der Waals surface area contributed by atoms with Gasteiger partial charge in [0, 0.05) is 29.5 Å². The van der Waals surface area contributed by atoms with E-state index in [4.69, 9.17) is 0 Å². The molecule has 0 aliphatic heterocycles. The summed E-state index contributed by atoms with van der Waals surface area (Å²) in [6.07, 6.45) is 4.65. The van der Waals surface area contributed by atoms with Crippen LogP contribution >= 0.6 is 0 Å². The van der Waals surface area contributed by atoms with Crippen LogP contribution in [0.3, 0.4) is 0 Å². The predicted molar refractivity (Wildman–Crippen MR) is 82.4 cm³/mol. The van der Waals surface area contributed by atoms with Crippen molar-refractivity contribution in [3.8, 4) is 0 Å². The molecular formula is C15H19N3O3. The molecule has 0 aliphatic carbocycles. The molecule has 6 heteroatoms. The lowest BCUT2D eigenvalue weighted by molar-refractivity contribution is -0.383. The molecule has 1 heterocycles. The van der Waals surface area contributed by atoms with Gasteiger partial charge in [-0.25, -0.2) is 0 Å². The number of fused-ring (bicyclic) bond motifs is 1. The number of nitro groups is 1. The number of nitrogens with one attached hydrogen (secondary N) is 1. The van der Waals surface area contributed by atoms with Gasteiger partial charge in [-0.2, -0.15) is 0 Å². The minimum atomic E-state index is -0.432. The zero-order valence-electron chi connectivity index (χ0n) is 12.2. The van der Waals surface area contributed by atoms with Crippen LogP contribution in [0.1, 0.15) is 26.7 Å². The first kappa shape index (κ1) is 15.2. The van der Waals surface area contributed by atoms with Crippen molar-refractivity contribution >= 4 is 22.1 Å². The minimum absolute atomic E-state index is 0.00125. The van der Waals surface area contributed by atoms with Crippen molar-refractivity contribution in [1.29, 1.82) is 0 Å². The van der Waals surface area contributed by atoms with E-state index in [1.807, 2.05) is 13.8 Å². The van der Waals surface area contributed by atoms with Crippen molar-refractivity contribution in [3.63, 3.8) is 0 Å². The van der Waals surface area contributed by atoms with Crippen LogP contribution in [-0.2, 0) is 0 Å². The van der Waals surface area contributed by atoms with Crippen LogP contribution in [0.25, 0.3) is 10.8 Å². The molecule has 0 aliphatic rings. The van der Waals surface area contributed by atoms with E-state index in [0.717, 1.165) is 18.5 Å². The molecule has 2 N–H and O–H groups in total. The van der Waals surface area contributed by atoms with Crippen molar-refractivity contribution in [2.75, 3.05) is 11.9 Å². The minimum Gasteiger partial charge on any atom is -0.394 e. The molecule has 0 fully saturated rings. The highest BCUT2D eigenvalue weighted by Crippen LogP contribution is 2.33. The van der Waals surface area contributed by atoms with Gasteiger partial charge in [0.25, 0.3) is 5.69 Å².